The van der Waals surface area contributed by atoms with Gasteiger partial charge in [0.05, 0.1) is 12.3 Å². The molecule has 0 radical (unpaired) electrons. The lowest BCUT2D eigenvalue weighted by Crippen LogP contribution is -2.37. The highest BCUT2D eigenvalue weighted by molar-refractivity contribution is 5.84. The topological polar surface area (TPSA) is 57.6 Å². The molecule has 0 saturated heterocycles. The van der Waals surface area contributed by atoms with Crippen LogP contribution in [-0.4, -0.2) is 28.4 Å². The summed E-state index contributed by atoms with van der Waals surface area (Å²) in [5.41, 5.74) is 3.38. The second kappa shape index (κ2) is 7.30. The minimum absolute atomic E-state index is 0.0514. The maximum absolute atomic E-state index is 12.8. The summed E-state index contributed by atoms with van der Waals surface area (Å²) < 4.78 is 0. The van der Waals surface area contributed by atoms with Crippen LogP contribution in [0.1, 0.15) is 23.1 Å². The Morgan fingerprint density at radius 3 is 2.42 bits per heavy atom. The number of nitrogens with zero attached hydrogens (tertiary/aromatic N) is 1. The lowest BCUT2D eigenvalue weighted by atomic mass is 9.94. The van der Waals surface area contributed by atoms with E-state index < -0.39 is 11.9 Å². The van der Waals surface area contributed by atoms with Gasteiger partial charge in [-0.1, -0.05) is 54.6 Å². The second-order valence-electron chi connectivity index (χ2n) is 6.26. The van der Waals surface area contributed by atoms with Gasteiger partial charge in [-0.25, -0.2) is 0 Å². The van der Waals surface area contributed by atoms with Gasteiger partial charge in [-0.2, -0.15) is 0 Å². The van der Waals surface area contributed by atoms with Crippen molar-refractivity contribution >= 4 is 11.9 Å². The molecule has 0 spiro atoms. The first-order valence-electron chi connectivity index (χ1n) is 8.25. The largest absolute Gasteiger partial charge is 0.481 e. The Labute approximate surface area is 141 Å². The maximum Gasteiger partial charge on any atom is 0.304 e. The van der Waals surface area contributed by atoms with Gasteiger partial charge in [0.15, 0.2) is 0 Å². The Hall–Kier alpha value is -2.62. The van der Waals surface area contributed by atoms with Crippen molar-refractivity contribution in [2.45, 2.75) is 25.8 Å². The van der Waals surface area contributed by atoms with E-state index in [1.807, 2.05) is 59.5 Å². The van der Waals surface area contributed by atoms with Crippen LogP contribution in [0.2, 0.25) is 0 Å². The predicted octanol–water partition coefficient (Wildman–Crippen LogP) is 2.90. The fraction of sp³-hybridized carbons (Fsp3) is 0.300. The smallest absolute Gasteiger partial charge is 0.304 e. The van der Waals surface area contributed by atoms with Crippen LogP contribution in [0.4, 0.5) is 0 Å². The molecular formula is C20H21NO3. The Morgan fingerprint density at radius 1 is 1.04 bits per heavy atom. The monoisotopic (exact) mass is 323 g/mol. The maximum atomic E-state index is 12.8. The second-order valence-corrected chi connectivity index (χ2v) is 6.26. The molecule has 1 aliphatic rings. The molecule has 4 heteroatoms. The molecule has 0 saturated carbocycles. The number of fused-ring (bicyclic) bond motifs is 1. The van der Waals surface area contributed by atoms with E-state index in [0.29, 0.717) is 19.5 Å². The normalized spacial score (nSPS) is 17.2. The standard InChI is InChI=1S/C20H21NO3/c22-19(23)13-18-12-16-8-4-5-9-17(16)14-21(20(18)24)11-10-15-6-2-1-3-7-15/h1-9,18H,10-14H2,(H,22,23). The molecule has 1 amide bonds. The highest BCUT2D eigenvalue weighted by Crippen LogP contribution is 2.25. The van der Waals surface area contributed by atoms with Gasteiger partial charge in [-0.15, -0.1) is 0 Å². The van der Waals surface area contributed by atoms with Crippen LogP contribution < -0.4 is 0 Å². The van der Waals surface area contributed by atoms with Crippen LogP contribution in [0.5, 0.6) is 0 Å². The van der Waals surface area contributed by atoms with Crippen LogP contribution in [-0.2, 0) is 29.0 Å². The quantitative estimate of drug-likeness (QED) is 0.920. The van der Waals surface area contributed by atoms with Gasteiger partial charge < -0.3 is 10.0 Å². The van der Waals surface area contributed by atoms with Crippen molar-refractivity contribution in [1.29, 1.82) is 0 Å². The van der Waals surface area contributed by atoms with Crippen LogP contribution in [0.25, 0.3) is 0 Å². The molecule has 1 atom stereocenters. The number of carbonyl (C=O) groups excluding carboxylic acids is 1. The van der Waals surface area contributed by atoms with E-state index >= 15 is 0 Å². The van der Waals surface area contributed by atoms with Crippen molar-refractivity contribution in [3.8, 4) is 0 Å². The molecule has 1 aliphatic heterocycles. The van der Waals surface area contributed by atoms with Crippen LogP contribution >= 0.6 is 0 Å². The van der Waals surface area contributed by atoms with Gasteiger partial charge in [-0.3, -0.25) is 9.59 Å². The molecule has 1 unspecified atom stereocenters. The Kier molecular flexibility index (Phi) is 4.94. The lowest BCUT2D eigenvalue weighted by molar-refractivity contribution is -0.144. The van der Waals surface area contributed by atoms with Gasteiger partial charge in [0, 0.05) is 13.1 Å². The summed E-state index contributed by atoms with van der Waals surface area (Å²) >= 11 is 0. The van der Waals surface area contributed by atoms with Gasteiger partial charge in [0.25, 0.3) is 0 Å². The Balaban J connectivity index is 1.81. The minimum atomic E-state index is -0.921. The summed E-state index contributed by atoms with van der Waals surface area (Å²) in [6.45, 7) is 1.16. The molecule has 3 rings (SSSR count). The van der Waals surface area contributed by atoms with Crippen LogP contribution in [0.3, 0.4) is 0 Å². The molecule has 0 aromatic heterocycles. The van der Waals surface area contributed by atoms with Crippen LogP contribution in [0, 0.1) is 5.92 Å². The molecule has 2 aromatic rings. The number of carboxylic acids is 1. The Morgan fingerprint density at radius 2 is 1.71 bits per heavy atom. The molecule has 0 fully saturated rings. The third kappa shape index (κ3) is 3.82. The van der Waals surface area contributed by atoms with Gasteiger partial charge >= 0.3 is 5.97 Å². The highest BCUT2D eigenvalue weighted by atomic mass is 16.4. The third-order valence-electron chi connectivity index (χ3n) is 4.54. The van der Waals surface area contributed by atoms with E-state index in [-0.39, 0.29) is 12.3 Å². The summed E-state index contributed by atoms with van der Waals surface area (Å²) in [5, 5.41) is 9.15. The zero-order chi connectivity index (χ0) is 16.9. The van der Waals surface area contributed by atoms with Crippen molar-refractivity contribution < 1.29 is 14.7 Å². The molecule has 124 valence electrons. The number of benzene rings is 2. The lowest BCUT2D eigenvalue weighted by Gasteiger charge is -2.24. The van der Waals surface area contributed by atoms with Crippen molar-refractivity contribution in [2.75, 3.05) is 6.54 Å². The van der Waals surface area contributed by atoms with E-state index in [1.165, 1.54) is 5.56 Å². The molecule has 1 heterocycles. The zero-order valence-electron chi connectivity index (χ0n) is 13.5. The summed E-state index contributed by atoms with van der Waals surface area (Å²) in [4.78, 5) is 25.8. The summed E-state index contributed by atoms with van der Waals surface area (Å²) in [7, 11) is 0. The third-order valence-corrected chi connectivity index (χ3v) is 4.54. The predicted molar refractivity (Wildman–Crippen MR) is 91.5 cm³/mol. The van der Waals surface area contributed by atoms with Crippen molar-refractivity contribution in [3.63, 3.8) is 0 Å². The van der Waals surface area contributed by atoms with E-state index in [0.717, 1.165) is 17.5 Å². The van der Waals surface area contributed by atoms with E-state index in [4.69, 9.17) is 5.11 Å². The molecule has 0 aliphatic carbocycles. The average Bonchev–Trinajstić information content (AvgIpc) is 2.71. The first kappa shape index (κ1) is 16.2. The first-order chi connectivity index (χ1) is 11.6. The highest BCUT2D eigenvalue weighted by Gasteiger charge is 2.30. The fourth-order valence-electron chi connectivity index (χ4n) is 3.27. The number of rotatable bonds is 5. The summed E-state index contributed by atoms with van der Waals surface area (Å²) in [5.74, 6) is -1.46. The Bertz CT molecular complexity index is 727. The number of hydrogen-bond acceptors (Lipinski definition) is 2. The molecule has 24 heavy (non-hydrogen) atoms. The molecule has 0 bridgehead atoms. The van der Waals surface area contributed by atoms with Crippen molar-refractivity contribution in [1.82, 2.24) is 4.90 Å². The first-order valence-corrected chi connectivity index (χ1v) is 8.25. The van der Waals surface area contributed by atoms with E-state index in [9.17, 15) is 9.59 Å². The molecule has 2 aromatic carbocycles. The number of hydrogen-bond donors (Lipinski definition) is 1. The van der Waals surface area contributed by atoms with Crippen molar-refractivity contribution in [2.24, 2.45) is 5.92 Å². The number of carbonyl (C=O) groups is 2. The number of carboxylic acid groups (broad SMARTS) is 1. The minimum Gasteiger partial charge on any atom is -0.481 e. The molecular weight excluding hydrogens is 302 g/mol. The SMILES string of the molecule is O=C(O)CC1Cc2ccccc2CN(CCc2ccccc2)C1=O. The van der Waals surface area contributed by atoms with Crippen molar-refractivity contribution in [3.05, 3.63) is 71.3 Å². The van der Waals surface area contributed by atoms with E-state index in [1.54, 1.807) is 0 Å². The molecule has 4 nitrogen and oxygen atoms in total. The van der Waals surface area contributed by atoms with Gasteiger partial charge in [0.1, 0.15) is 0 Å². The zero-order valence-corrected chi connectivity index (χ0v) is 13.5. The van der Waals surface area contributed by atoms with Gasteiger partial charge in [-0.05, 0) is 29.5 Å². The number of amides is 1. The average molecular weight is 323 g/mol. The fourth-order valence-corrected chi connectivity index (χ4v) is 3.27. The number of aliphatic carboxylic acids is 1. The van der Waals surface area contributed by atoms with Crippen LogP contribution in [0.15, 0.2) is 54.6 Å². The van der Waals surface area contributed by atoms with Gasteiger partial charge in [0.2, 0.25) is 5.91 Å². The molecule has 1 N–H and O–H groups in total. The summed E-state index contributed by atoms with van der Waals surface area (Å²) in [6, 6.07) is 18.0. The summed E-state index contributed by atoms with van der Waals surface area (Å²) in [6.07, 6.45) is 1.16. The van der Waals surface area contributed by atoms with E-state index in [2.05, 4.69) is 0 Å².